The minimum atomic E-state index is -0.403. The molecule has 0 N–H and O–H groups in total. The monoisotopic (exact) mass is 215 g/mol. The van der Waals surface area contributed by atoms with E-state index in [2.05, 4.69) is 20.8 Å². The Morgan fingerprint density at radius 3 is 1.12 bits per heavy atom. The van der Waals surface area contributed by atoms with Crippen LogP contribution in [-0.4, -0.2) is 0 Å². The van der Waals surface area contributed by atoms with Crippen LogP contribution in [0.5, 0.6) is 0 Å². The van der Waals surface area contributed by atoms with Gasteiger partial charge in [-0.2, -0.15) is 0 Å². The van der Waals surface area contributed by atoms with E-state index in [1.165, 1.54) is 14.2 Å². The van der Waals surface area contributed by atoms with Crippen molar-refractivity contribution in [2.24, 2.45) is 0 Å². The molecule has 8 heavy (non-hydrogen) atoms. The zero-order valence-corrected chi connectivity index (χ0v) is 9.30. The SMILES string of the molecule is Br.C[CH2][Ti]([CH2]C)[CH2]C. The number of hydrogen-bond donors (Lipinski definition) is 0. The summed E-state index contributed by atoms with van der Waals surface area (Å²) in [5.41, 5.74) is 0. The molecule has 0 rings (SSSR count). The van der Waals surface area contributed by atoms with E-state index in [-0.39, 0.29) is 17.0 Å². The van der Waals surface area contributed by atoms with E-state index in [0.29, 0.717) is 0 Å². The van der Waals surface area contributed by atoms with Crippen molar-refractivity contribution in [3.05, 3.63) is 0 Å². The first-order valence-corrected chi connectivity index (χ1v) is 6.49. The van der Waals surface area contributed by atoms with Gasteiger partial charge in [-0.15, -0.1) is 17.0 Å². The van der Waals surface area contributed by atoms with Crippen LogP contribution in [0.3, 0.4) is 0 Å². The molecule has 51 valence electrons. The Kier molecular flexibility index (Phi) is 12.2. The summed E-state index contributed by atoms with van der Waals surface area (Å²) in [5.74, 6) is 0. The number of halogens is 1. The van der Waals surface area contributed by atoms with Crippen molar-refractivity contribution in [3.63, 3.8) is 0 Å². The van der Waals surface area contributed by atoms with Crippen molar-refractivity contribution in [2.75, 3.05) is 0 Å². The second kappa shape index (κ2) is 8.19. The molecule has 0 aliphatic carbocycles. The number of rotatable bonds is 3. The summed E-state index contributed by atoms with van der Waals surface area (Å²) in [6, 6.07) is 0. The van der Waals surface area contributed by atoms with Crippen LogP contribution in [0, 0.1) is 0 Å². The van der Waals surface area contributed by atoms with Gasteiger partial charge >= 0.3 is 52.8 Å². The topological polar surface area (TPSA) is 0 Å². The van der Waals surface area contributed by atoms with Crippen molar-refractivity contribution in [3.8, 4) is 0 Å². The summed E-state index contributed by atoms with van der Waals surface area (Å²) < 4.78 is 4.56. The van der Waals surface area contributed by atoms with Crippen molar-refractivity contribution in [1.82, 2.24) is 0 Å². The molecule has 0 nitrogen and oxygen atoms in total. The maximum absolute atomic E-state index is 2.34. The fourth-order valence-corrected chi connectivity index (χ4v) is 3.09. The Labute approximate surface area is 69.7 Å². The van der Waals surface area contributed by atoms with Gasteiger partial charge < -0.3 is 0 Å². The molecule has 0 radical (unpaired) electrons. The summed E-state index contributed by atoms with van der Waals surface area (Å²) in [5, 5.41) is 0. The van der Waals surface area contributed by atoms with Crippen LogP contribution in [0.4, 0.5) is 0 Å². The van der Waals surface area contributed by atoms with Gasteiger partial charge in [0.1, 0.15) is 0 Å². The van der Waals surface area contributed by atoms with Crippen LogP contribution in [0.25, 0.3) is 0 Å². The zero-order valence-electron chi connectivity index (χ0n) is 6.03. The summed E-state index contributed by atoms with van der Waals surface area (Å²) >= 11 is -0.403. The molecule has 0 aromatic rings. The molecule has 0 aromatic heterocycles. The molecule has 0 aliphatic heterocycles. The average Bonchev–Trinajstić information content (AvgIpc) is 1.72. The van der Waals surface area contributed by atoms with Crippen LogP contribution >= 0.6 is 17.0 Å². The van der Waals surface area contributed by atoms with Gasteiger partial charge in [-0.05, 0) is 0 Å². The average molecular weight is 216 g/mol. The molecule has 0 aromatic carbocycles. The normalized spacial score (nSPS) is 7.88. The van der Waals surface area contributed by atoms with Gasteiger partial charge in [0, 0.05) is 0 Å². The van der Waals surface area contributed by atoms with E-state index < -0.39 is 17.9 Å². The fourth-order valence-electron chi connectivity index (χ4n) is 0.750. The van der Waals surface area contributed by atoms with Crippen LogP contribution in [0.1, 0.15) is 20.8 Å². The Bertz CT molecular complexity index is 30.0. The standard InChI is InChI=1S/3C2H5.BrH.Ti/c3*1-2;;/h3*1H2,2H3;1H;. The third-order valence-corrected chi connectivity index (χ3v) is 6.18. The molecule has 0 heterocycles. The summed E-state index contributed by atoms with van der Waals surface area (Å²) in [6.45, 7) is 7.01. The van der Waals surface area contributed by atoms with Crippen molar-refractivity contribution in [2.45, 2.75) is 34.9 Å². The van der Waals surface area contributed by atoms with Gasteiger partial charge in [0.05, 0.1) is 0 Å². The number of hydrogen-bond acceptors (Lipinski definition) is 0. The first-order chi connectivity index (χ1) is 3.35. The van der Waals surface area contributed by atoms with E-state index in [1.807, 2.05) is 0 Å². The van der Waals surface area contributed by atoms with Crippen molar-refractivity contribution in [1.29, 1.82) is 0 Å². The van der Waals surface area contributed by atoms with Gasteiger partial charge in [0.25, 0.3) is 0 Å². The van der Waals surface area contributed by atoms with Crippen LogP contribution in [0.15, 0.2) is 0 Å². The predicted octanol–water partition coefficient (Wildman–Crippen LogP) is 3.50. The van der Waals surface area contributed by atoms with Crippen LogP contribution in [0.2, 0.25) is 14.2 Å². The van der Waals surface area contributed by atoms with Crippen LogP contribution < -0.4 is 0 Å². The van der Waals surface area contributed by atoms with Gasteiger partial charge in [0.15, 0.2) is 0 Å². The maximum atomic E-state index is 2.34. The molecule has 0 saturated carbocycles. The van der Waals surface area contributed by atoms with Gasteiger partial charge in [0.2, 0.25) is 0 Å². The van der Waals surface area contributed by atoms with Gasteiger partial charge in [-0.3, -0.25) is 0 Å². The predicted molar refractivity (Wildman–Crippen MR) is 41.8 cm³/mol. The van der Waals surface area contributed by atoms with Crippen LogP contribution in [-0.2, 0) is 17.9 Å². The summed E-state index contributed by atoms with van der Waals surface area (Å²) in [7, 11) is 0. The molecule has 0 aliphatic rings. The fraction of sp³-hybridized carbons (Fsp3) is 1.00. The molecule has 0 bridgehead atoms. The second-order valence-corrected chi connectivity index (χ2v) is 7.47. The van der Waals surface area contributed by atoms with E-state index in [1.54, 1.807) is 0 Å². The molecule has 2 heteroatoms. The Morgan fingerprint density at radius 1 is 0.875 bits per heavy atom. The molecule has 0 spiro atoms. The first-order valence-electron chi connectivity index (χ1n) is 3.18. The summed E-state index contributed by atoms with van der Waals surface area (Å²) in [4.78, 5) is 0. The van der Waals surface area contributed by atoms with E-state index in [0.717, 1.165) is 0 Å². The molecule has 0 unspecified atom stereocenters. The third kappa shape index (κ3) is 5.33. The van der Waals surface area contributed by atoms with E-state index in [9.17, 15) is 0 Å². The zero-order chi connectivity index (χ0) is 5.70. The molecule has 0 atom stereocenters. The second-order valence-electron chi connectivity index (χ2n) is 1.81. The molecule has 0 fully saturated rings. The Morgan fingerprint density at radius 2 is 1.12 bits per heavy atom. The minimum absolute atomic E-state index is 0. The molecule has 0 amide bonds. The van der Waals surface area contributed by atoms with E-state index >= 15 is 0 Å². The molecular formula is C6H16BrTi. The van der Waals surface area contributed by atoms with Crippen molar-refractivity contribution >= 4 is 17.0 Å². The van der Waals surface area contributed by atoms with E-state index in [4.69, 9.17) is 0 Å². The Balaban J connectivity index is 0. The first kappa shape index (κ1) is 11.9. The Hall–Kier alpha value is 1.19. The molecular weight excluding hydrogens is 200 g/mol. The molecule has 0 saturated heterocycles. The third-order valence-electron chi connectivity index (χ3n) is 1.50. The summed E-state index contributed by atoms with van der Waals surface area (Å²) in [6.07, 6.45) is 0. The van der Waals surface area contributed by atoms with Gasteiger partial charge in [-0.1, -0.05) is 0 Å². The van der Waals surface area contributed by atoms with Gasteiger partial charge in [-0.25, -0.2) is 0 Å². The van der Waals surface area contributed by atoms with Crippen molar-refractivity contribution < 1.29 is 17.9 Å². The quantitative estimate of drug-likeness (QED) is 0.633.